The molecule has 0 spiro atoms. The highest BCUT2D eigenvalue weighted by molar-refractivity contribution is 6.30. The molecular formula is C12H16ClNO2. The van der Waals surface area contributed by atoms with Crippen LogP contribution in [0.25, 0.3) is 0 Å². The van der Waals surface area contributed by atoms with E-state index in [-0.39, 0.29) is 0 Å². The van der Waals surface area contributed by atoms with Crippen LogP contribution in [0.15, 0.2) is 18.2 Å². The predicted molar refractivity (Wildman–Crippen MR) is 64.9 cm³/mol. The van der Waals surface area contributed by atoms with Gasteiger partial charge in [-0.2, -0.15) is 0 Å². The van der Waals surface area contributed by atoms with Gasteiger partial charge in [-0.05, 0) is 43.1 Å². The molecular weight excluding hydrogens is 226 g/mol. The van der Waals surface area contributed by atoms with E-state index >= 15 is 0 Å². The average molecular weight is 242 g/mol. The minimum Gasteiger partial charge on any atom is -0.480 e. The zero-order valence-corrected chi connectivity index (χ0v) is 10.2. The van der Waals surface area contributed by atoms with Crippen LogP contribution in [0, 0.1) is 6.92 Å². The van der Waals surface area contributed by atoms with E-state index in [4.69, 9.17) is 16.7 Å². The number of benzene rings is 1. The van der Waals surface area contributed by atoms with Crippen molar-refractivity contribution in [1.82, 2.24) is 5.32 Å². The Balaban J connectivity index is 2.96. The minimum atomic E-state index is -0.862. The van der Waals surface area contributed by atoms with Gasteiger partial charge in [0.2, 0.25) is 0 Å². The first-order valence-electron chi connectivity index (χ1n) is 5.28. The Morgan fingerprint density at radius 2 is 2.25 bits per heavy atom. The fourth-order valence-electron chi connectivity index (χ4n) is 1.58. The summed E-state index contributed by atoms with van der Waals surface area (Å²) in [5.41, 5.74) is 1.66. The van der Waals surface area contributed by atoms with Crippen molar-refractivity contribution < 1.29 is 9.90 Å². The van der Waals surface area contributed by atoms with Gasteiger partial charge in [-0.15, -0.1) is 0 Å². The summed E-state index contributed by atoms with van der Waals surface area (Å²) < 4.78 is 0. The van der Waals surface area contributed by atoms with Crippen molar-refractivity contribution >= 4 is 17.6 Å². The molecule has 1 rings (SSSR count). The zero-order chi connectivity index (χ0) is 12.1. The number of carbonyl (C=O) groups is 1. The monoisotopic (exact) mass is 241 g/mol. The van der Waals surface area contributed by atoms with E-state index in [0.717, 1.165) is 17.5 Å². The van der Waals surface area contributed by atoms with Crippen LogP contribution in [-0.4, -0.2) is 17.6 Å². The lowest BCUT2D eigenvalue weighted by Gasteiger charge is -2.16. The average Bonchev–Trinajstić information content (AvgIpc) is 2.20. The molecule has 1 unspecified atom stereocenters. The van der Waals surface area contributed by atoms with Crippen LogP contribution >= 0.6 is 11.6 Å². The van der Waals surface area contributed by atoms with E-state index < -0.39 is 12.0 Å². The quantitative estimate of drug-likeness (QED) is 0.834. The zero-order valence-electron chi connectivity index (χ0n) is 9.46. The molecule has 4 heteroatoms. The Morgan fingerprint density at radius 3 is 2.75 bits per heavy atom. The maximum atomic E-state index is 11.1. The topological polar surface area (TPSA) is 49.3 Å². The molecule has 0 heterocycles. The Bertz CT molecular complexity index is 379. The summed E-state index contributed by atoms with van der Waals surface area (Å²) in [6, 6.07) is 4.60. The normalized spacial score (nSPS) is 12.4. The molecule has 2 N–H and O–H groups in total. The third kappa shape index (κ3) is 3.22. The number of aliphatic carboxylic acids is 1. The highest BCUT2D eigenvalue weighted by Crippen LogP contribution is 2.21. The second-order valence-electron chi connectivity index (χ2n) is 3.73. The van der Waals surface area contributed by atoms with Crippen LogP contribution in [0.1, 0.15) is 30.5 Å². The van der Waals surface area contributed by atoms with Gasteiger partial charge in [0.15, 0.2) is 0 Å². The van der Waals surface area contributed by atoms with Gasteiger partial charge in [-0.1, -0.05) is 24.6 Å². The van der Waals surface area contributed by atoms with E-state index in [1.165, 1.54) is 0 Å². The third-order valence-corrected chi connectivity index (χ3v) is 2.62. The van der Waals surface area contributed by atoms with E-state index in [9.17, 15) is 4.79 Å². The molecule has 16 heavy (non-hydrogen) atoms. The molecule has 0 aliphatic carbocycles. The highest BCUT2D eigenvalue weighted by Gasteiger charge is 2.20. The van der Waals surface area contributed by atoms with Gasteiger partial charge in [0.1, 0.15) is 6.04 Å². The standard InChI is InChI=1S/C12H16ClNO2/c1-3-6-14-11(12(15)16)10-5-4-9(13)7-8(10)2/h4-5,7,11,14H,3,6H2,1-2H3,(H,15,16). The smallest absolute Gasteiger partial charge is 0.325 e. The molecule has 3 nitrogen and oxygen atoms in total. The third-order valence-electron chi connectivity index (χ3n) is 2.39. The number of hydrogen-bond donors (Lipinski definition) is 2. The molecule has 0 amide bonds. The van der Waals surface area contributed by atoms with Crippen LogP contribution in [0.2, 0.25) is 5.02 Å². The summed E-state index contributed by atoms with van der Waals surface area (Å²) in [5, 5.41) is 12.8. The number of rotatable bonds is 5. The fraction of sp³-hybridized carbons (Fsp3) is 0.417. The van der Waals surface area contributed by atoms with Crippen LogP contribution < -0.4 is 5.32 Å². The maximum Gasteiger partial charge on any atom is 0.325 e. The van der Waals surface area contributed by atoms with Gasteiger partial charge in [0, 0.05) is 5.02 Å². The second kappa shape index (κ2) is 5.87. The lowest BCUT2D eigenvalue weighted by Crippen LogP contribution is -2.29. The molecule has 88 valence electrons. The number of carboxylic acid groups (broad SMARTS) is 1. The summed E-state index contributed by atoms with van der Waals surface area (Å²) in [4.78, 5) is 11.1. The lowest BCUT2D eigenvalue weighted by atomic mass is 10.0. The summed E-state index contributed by atoms with van der Waals surface area (Å²) in [6.45, 7) is 4.55. The number of hydrogen-bond acceptors (Lipinski definition) is 2. The Hall–Kier alpha value is -1.06. The molecule has 1 atom stereocenters. The molecule has 0 aromatic heterocycles. The molecule has 0 fully saturated rings. The van der Waals surface area contributed by atoms with Crippen molar-refractivity contribution in [3.05, 3.63) is 34.3 Å². The van der Waals surface area contributed by atoms with E-state index in [0.29, 0.717) is 11.6 Å². The number of nitrogens with one attached hydrogen (secondary N) is 1. The van der Waals surface area contributed by atoms with Crippen molar-refractivity contribution in [2.45, 2.75) is 26.3 Å². The SMILES string of the molecule is CCCNC(C(=O)O)c1ccc(Cl)cc1C. The molecule has 1 aromatic carbocycles. The van der Waals surface area contributed by atoms with Crippen LogP contribution in [-0.2, 0) is 4.79 Å². The molecule has 0 radical (unpaired) electrons. The van der Waals surface area contributed by atoms with Crippen LogP contribution in [0.5, 0.6) is 0 Å². The summed E-state index contributed by atoms with van der Waals surface area (Å²) in [7, 11) is 0. The minimum absolute atomic E-state index is 0.626. The molecule has 0 bridgehead atoms. The largest absolute Gasteiger partial charge is 0.480 e. The molecule has 0 aliphatic heterocycles. The van der Waals surface area contributed by atoms with E-state index in [1.54, 1.807) is 18.2 Å². The van der Waals surface area contributed by atoms with Gasteiger partial charge in [-0.3, -0.25) is 4.79 Å². The van der Waals surface area contributed by atoms with E-state index in [2.05, 4.69) is 5.32 Å². The van der Waals surface area contributed by atoms with E-state index in [1.807, 2.05) is 13.8 Å². The number of aryl methyl sites for hydroxylation is 1. The Kier molecular flexibility index (Phi) is 4.77. The van der Waals surface area contributed by atoms with Crippen LogP contribution in [0.3, 0.4) is 0 Å². The highest BCUT2D eigenvalue weighted by atomic mass is 35.5. The van der Waals surface area contributed by atoms with Crippen molar-refractivity contribution in [1.29, 1.82) is 0 Å². The molecule has 0 saturated heterocycles. The van der Waals surface area contributed by atoms with Gasteiger partial charge in [0.05, 0.1) is 0 Å². The summed E-state index contributed by atoms with van der Waals surface area (Å²) >= 11 is 5.84. The number of halogens is 1. The molecule has 1 aromatic rings. The van der Waals surface area contributed by atoms with Crippen molar-refractivity contribution in [2.24, 2.45) is 0 Å². The van der Waals surface area contributed by atoms with Crippen molar-refractivity contribution in [3.63, 3.8) is 0 Å². The second-order valence-corrected chi connectivity index (χ2v) is 4.16. The molecule has 0 saturated carbocycles. The van der Waals surface area contributed by atoms with Crippen molar-refractivity contribution in [2.75, 3.05) is 6.54 Å². The summed E-state index contributed by atoms with van der Waals surface area (Å²) in [6.07, 6.45) is 0.899. The first kappa shape index (κ1) is 13.0. The molecule has 0 aliphatic rings. The summed E-state index contributed by atoms with van der Waals surface area (Å²) in [5.74, 6) is -0.862. The first-order chi connectivity index (χ1) is 7.56. The van der Waals surface area contributed by atoms with Gasteiger partial charge in [0.25, 0.3) is 0 Å². The predicted octanol–water partition coefficient (Wildman–Crippen LogP) is 2.77. The Morgan fingerprint density at radius 1 is 1.56 bits per heavy atom. The first-order valence-corrected chi connectivity index (χ1v) is 5.66. The van der Waals surface area contributed by atoms with Gasteiger partial charge >= 0.3 is 5.97 Å². The lowest BCUT2D eigenvalue weighted by molar-refractivity contribution is -0.139. The maximum absolute atomic E-state index is 11.1. The number of carboxylic acids is 1. The van der Waals surface area contributed by atoms with Gasteiger partial charge < -0.3 is 10.4 Å². The fourth-order valence-corrected chi connectivity index (χ4v) is 1.81. The van der Waals surface area contributed by atoms with Crippen LogP contribution in [0.4, 0.5) is 0 Å². The Labute approximate surface area is 100 Å². The van der Waals surface area contributed by atoms with Crippen molar-refractivity contribution in [3.8, 4) is 0 Å². The van der Waals surface area contributed by atoms with Gasteiger partial charge in [-0.25, -0.2) is 0 Å².